The van der Waals surface area contributed by atoms with Crippen LogP contribution in [0.25, 0.3) is 11.2 Å². The van der Waals surface area contributed by atoms with Gasteiger partial charge in [0, 0.05) is 0 Å². The molecule has 9 nitrogen and oxygen atoms in total. The zero-order chi connectivity index (χ0) is 18.5. The van der Waals surface area contributed by atoms with Gasteiger partial charge in [0.05, 0.1) is 25.3 Å². The minimum absolute atomic E-state index is 0.0354. The number of aromatic amines is 1. The minimum Gasteiger partial charge on any atom is -0.394 e. The summed E-state index contributed by atoms with van der Waals surface area (Å²) >= 11 is 0. The predicted molar refractivity (Wildman–Crippen MR) is 98.7 cm³/mol. The highest BCUT2D eigenvalue weighted by atomic mass is 16.3. The zero-order valence-electron chi connectivity index (χ0n) is 14.7. The molecule has 2 aromatic heterocycles. The van der Waals surface area contributed by atoms with Crippen LogP contribution in [0.3, 0.4) is 0 Å². The molecule has 0 saturated heterocycles. The molecule has 2 unspecified atom stereocenters. The van der Waals surface area contributed by atoms with Gasteiger partial charge in [-0.15, -0.1) is 5.10 Å². The van der Waals surface area contributed by atoms with Crippen LogP contribution >= 0.6 is 0 Å². The van der Waals surface area contributed by atoms with Gasteiger partial charge in [0.2, 0.25) is 5.95 Å². The Morgan fingerprint density at radius 3 is 2.46 bits per heavy atom. The smallest absolute Gasteiger partial charge is 0.227 e. The van der Waals surface area contributed by atoms with Crippen LogP contribution in [0.2, 0.25) is 0 Å². The van der Waals surface area contributed by atoms with Crippen molar-refractivity contribution in [1.29, 1.82) is 0 Å². The lowest BCUT2D eigenvalue weighted by atomic mass is 10.1. The maximum absolute atomic E-state index is 9.79. The number of aliphatic hydroxyl groups excluding tert-OH is 2. The van der Waals surface area contributed by atoms with Crippen molar-refractivity contribution in [3.05, 3.63) is 35.9 Å². The molecule has 2 heterocycles. The largest absolute Gasteiger partial charge is 0.394 e. The Balaban J connectivity index is 1.92. The van der Waals surface area contributed by atoms with Gasteiger partial charge in [0.1, 0.15) is 0 Å². The topological polar surface area (TPSA) is 132 Å². The minimum atomic E-state index is -0.349. The first-order chi connectivity index (χ1) is 12.6. The molecule has 1 aromatic carbocycles. The van der Waals surface area contributed by atoms with Crippen molar-refractivity contribution in [3.8, 4) is 0 Å². The van der Waals surface area contributed by atoms with E-state index in [0.29, 0.717) is 22.9 Å². The molecule has 0 saturated carbocycles. The first-order valence-electron chi connectivity index (χ1n) is 8.51. The van der Waals surface area contributed by atoms with Crippen LogP contribution in [-0.2, 0) is 0 Å². The number of nitrogens with one attached hydrogen (secondary N) is 3. The molecule has 0 amide bonds. The highest BCUT2D eigenvalue weighted by Gasteiger charge is 2.19. The number of rotatable bonds is 8. The van der Waals surface area contributed by atoms with E-state index in [1.54, 1.807) is 0 Å². The maximum Gasteiger partial charge on any atom is 0.227 e. The molecule has 2 atom stereocenters. The van der Waals surface area contributed by atoms with Crippen LogP contribution in [-0.4, -0.2) is 54.8 Å². The van der Waals surface area contributed by atoms with Gasteiger partial charge in [-0.05, 0) is 11.5 Å². The van der Waals surface area contributed by atoms with Crippen molar-refractivity contribution >= 4 is 22.9 Å². The Hall–Kier alpha value is -2.78. The second-order valence-corrected chi connectivity index (χ2v) is 6.37. The van der Waals surface area contributed by atoms with Crippen LogP contribution in [0.5, 0.6) is 0 Å². The Kier molecular flexibility index (Phi) is 5.59. The number of aromatic nitrogens is 5. The van der Waals surface area contributed by atoms with Gasteiger partial charge in [0.15, 0.2) is 17.0 Å². The van der Waals surface area contributed by atoms with Crippen molar-refractivity contribution in [3.63, 3.8) is 0 Å². The van der Waals surface area contributed by atoms with Gasteiger partial charge in [0.25, 0.3) is 0 Å². The van der Waals surface area contributed by atoms with E-state index < -0.39 is 0 Å². The van der Waals surface area contributed by atoms with E-state index in [0.717, 1.165) is 5.56 Å². The molecule has 3 aromatic rings. The molecular formula is C17H23N7O2. The van der Waals surface area contributed by atoms with Crippen LogP contribution in [0.15, 0.2) is 30.3 Å². The first kappa shape index (κ1) is 18.0. The molecule has 26 heavy (non-hydrogen) atoms. The summed E-state index contributed by atoms with van der Waals surface area (Å²) in [6.07, 6.45) is 0. The lowest BCUT2D eigenvalue weighted by molar-refractivity contribution is 0.248. The molecule has 0 aliphatic rings. The summed E-state index contributed by atoms with van der Waals surface area (Å²) in [5, 5.41) is 36.2. The molecule has 0 fully saturated rings. The van der Waals surface area contributed by atoms with E-state index in [9.17, 15) is 10.2 Å². The molecular weight excluding hydrogens is 334 g/mol. The van der Waals surface area contributed by atoms with E-state index in [1.165, 1.54) is 0 Å². The summed E-state index contributed by atoms with van der Waals surface area (Å²) in [6, 6.07) is 9.06. The Morgan fingerprint density at radius 1 is 1.04 bits per heavy atom. The third-order valence-corrected chi connectivity index (χ3v) is 4.20. The molecule has 0 radical (unpaired) electrons. The number of anilines is 2. The van der Waals surface area contributed by atoms with Crippen molar-refractivity contribution in [2.75, 3.05) is 23.8 Å². The molecule has 9 heteroatoms. The summed E-state index contributed by atoms with van der Waals surface area (Å²) in [6.45, 7) is 3.86. The fourth-order valence-electron chi connectivity index (χ4n) is 2.59. The standard InChI is InChI=1S/C17H23N7O2/c1-10(2)12(8-25)19-17-20-15(14-16(21-17)23-24-22-14)18-13(9-26)11-6-4-3-5-7-11/h3-7,10,12-13,25-26H,8-9H2,1-2H3,(H3,18,19,20,21,22,23,24). The highest BCUT2D eigenvalue weighted by molar-refractivity contribution is 5.83. The summed E-state index contributed by atoms with van der Waals surface area (Å²) in [4.78, 5) is 8.83. The van der Waals surface area contributed by atoms with Gasteiger partial charge in [-0.3, -0.25) is 0 Å². The molecule has 5 N–H and O–H groups in total. The van der Waals surface area contributed by atoms with Crippen molar-refractivity contribution in [1.82, 2.24) is 25.4 Å². The fourth-order valence-corrected chi connectivity index (χ4v) is 2.59. The number of H-pyrrole nitrogens is 1. The van der Waals surface area contributed by atoms with E-state index in [1.807, 2.05) is 44.2 Å². The van der Waals surface area contributed by atoms with E-state index >= 15 is 0 Å². The summed E-state index contributed by atoms with van der Waals surface area (Å²) in [5.74, 6) is 1.00. The van der Waals surface area contributed by atoms with Gasteiger partial charge in [-0.25, -0.2) is 5.10 Å². The fraction of sp³-hybridized carbons (Fsp3) is 0.412. The molecule has 0 aliphatic heterocycles. The zero-order valence-corrected chi connectivity index (χ0v) is 14.7. The monoisotopic (exact) mass is 357 g/mol. The average Bonchev–Trinajstić information content (AvgIpc) is 3.13. The normalized spacial score (nSPS) is 13.7. The van der Waals surface area contributed by atoms with Gasteiger partial charge in [-0.1, -0.05) is 49.4 Å². The van der Waals surface area contributed by atoms with Crippen LogP contribution in [0, 0.1) is 5.92 Å². The molecule has 0 bridgehead atoms. The number of fused-ring (bicyclic) bond motifs is 1. The lowest BCUT2D eigenvalue weighted by Crippen LogP contribution is -2.30. The van der Waals surface area contributed by atoms with E-state index in [-0.39, 0.29) is 31.2 Å². The second kappa shape index (κ2) is 8.07. The predicted octanol–water partition coefficient (Wildman–Crippen LogP) is 1.32. The number of hydrogen-bond donors (Lipinski definition) is 5. The number of nitrogens with zero attached hydrogens (tertiary/aromatic N) is 4. The Morgan fingerprint density at radius 2 is 1.81 bits per heavy atom. The molecule has 3 rings (SSSR count). The van der Waals surface area contributed by atoms with Crippen LogP contribution in [0.4, 0.5) is 11.8 Å². The SMILES string of the molecule is CC(C)C(CO)Nc1nc(NC(CO)c2ccccc2)c2nn[nH]c2n1. The lowest BCUT2D eigenvalue weighted by Gasteiger charge is -2.21. The van der Waals surface area contributed by atoms with Crippen molar-refractivity contribution in [2.45, 2.75) is 25.9 Å². The number of hydrogen-bond acceptors (Lipinski definition) is 8. The summed E-state index contributed by atoms with van der Waals surface area (Å²) in [7, 11) is 0. The first-order valence-corrected chi connectivity index (χ1v) is 8.51. The number of aliphatic hydroxyl groups is 2. The van der Waals surface area contributed by atoms with Gasteiger partial charge in [-0.2, -0.15) is 9.97 Å². The quantitative estimate of drug-likeness (QED) is 0.408. The summed E-state index contributed by atoms with van der Waals surface area (Å²) < 4.78 is 0. The summed E-state index contributed by atoms with van der Waals surface area (Å²) in [5.41, 5.74) is 1.88. The van der Waals surface area contributed by atoms with Gasteiger partial charge < -0.3 is 20.8 Å². The van der Waals surface area contributed by atoms with E-state index in [2.05, 4.69) is 36.0 Å². The van der Waals surface area contributed by atoms with Gasteiger partial charge >= 0.3 is 0 Å². The second-order valence-electron chi connectivity index (χ2n) is 6.37. The third-order valence-electron chi connectivity index (χ3n) is 4.20. The highest BCUT2D eigenvalue weighted by Crippen LogP contribution is 2.24. The Bertz CT molecular complexity index is 838. The maximum atomic E-state index is 9.79. The molecule has 0 spiro atoms. The molecule has 138 valence electrons. The molecule has 0 aliphatic carbocycles. The van der Waals surface area contributed by atoms with E-state index in [4.69, 9.17) is 0 Å². The van der Waals surface area contributed by atoms with Crippen LogP contribution < -0.4 is 10.6 Å². The van der Waals surface area contributed by atoms with Crippen LogP contribution in [0.1, 0.15) is 25.5 Å². The Labute approximate surface area is 150 Å². The third kappa shape index (κ3) is 3.89. The average molecular weight is 357 g/mol. The number of benzene rings is 1. The van der Waals surface area contributed by atoms with Crippen molar-refractivity contribution in [2.24, 2.45) is 5.92 Å². The van der Waals surface area contributed by atoms with Crippen molar-refractivity contribution < 1.29 is 10.2 Å².